The zero-order valence-corrected chi connectivity index (χ0v) is 8.06. The van der Waals surface area contributed by atoms with Crippen molar-refractivity contribution in [2.45, 2.75) is 25.8 Å². The molecule has 3 atom stereocenters. The molecule has 3 unspecified atom stereocenters. The van der Waals surface area contributed by atoms with Gasteiger partial charge >= 0.3 is 0 Å². The van der Waals surface area contributed by atoms with Gasteiger partial charge in [0.05, 0.1) is 0 Å². The molecule has 0 aromatic heterocycles. The Hall–Kier alpha value is 0.210. The Morgan fingerprint density at radius 1 is 1.64 bits per heavy atom. The fourth-order valence-corrected chi connectivity index (χ4v) is 1.42. The minimum absolute atomic E-state index is 0. The van der Waals surface area contributed by atoms with Gasteiger partial charge in [0.2, 0.25) is 0 Å². The van der Waals surface area contributed by atoms with Crippen molar-refractivity contribution in [3.05, 3.63) is 0 Å². The third kappa shape index (κ3) is 3.41. The molecule has 0 bridgehead atoms. The van der Waals surface area contributed by atoms with Gasteiger partial charge in [-0.25, -0.2) is 0 Å². The summed E-state index contributed by atoms with van der Waals surface area (Å²) in [5, 5.41) is 0. The molecule has 2 N–H and O–H groups in total. The molecule has 1 aliphatic carbocycles. The molecule has 0 amide bonds. The fourth-order valence-electron chi connectivity index (χ4n) is 1.42. The summed E-state index contributed by atoms with van der Waals surface area (Å²) in [4.78, 5) is 0. The monoisotopic (exact) mass is 179 g/mol. The lowest BCUT2D eigenvalue weighted by Crippen LogP contribution is -2.24. The summed E-state index contributed by atoms with van der Waals surface area (Å²) in [5.74, 6) is 1.65. The number of nitrogens with two attached hydrogens (primary N) is 1. The second-order valence-corrected chi connectivity index (χ2v) is 3.32. The van der Waals surface area contributed by atoms with Crippen LogP contribution in [0.1, 0.15) is 19.8 Å². The molecule has 2 nitrogen and oxygen atoms in total. The van der Waals surface area contributed by atoms with Gasteiger partial charge in [0.1, 0.15) is 0 Å². The smallest absolute Gasteiger partial charge is 0.0477 e. The molecule has 0 aliphatic heterocycles. The van der Waals surface area contributed by atoms with Crippen LogP contribution in [0.2, 0.25) is 0 Å². The van der Waals surface area contributed by atoms with Crippen LogP contribution in [0, 0.1) is 11.8 Å². The van der Waals surface area contributed by atoms with E-state index in [4.69, 9.17) is 10.5 Å². The van der Waals surface area contributed by atoms with Gasteiger partial charge in [0.25, 0.3) is 0 Å². The fraction of sp³-hybridized carbons (Fsp3) is 1.00. The summed E-state index contributed by atoms with van der Waals surface area (Å²) in [6, 6.07) is 0.384. The van der Waals surface area contributed by atoms with Gasteiger partial charge in [-0.3, -0.25) is 0 Å². The van der Waals surface area contributed by atoms with Gasteiger partial charge in [-0.15, -0.1) is 12.4 Å². The van der Waals surface area contributed by atoms with Crippen LogP contribution in [0.25, 0.3) is 0 Å². The largest absolute Gasteiger partial charge is 0.385 e. The van der Waals surface area contributed by atoms with Crippen LogP contribution in [0.3, 0.4) is 0 Å². The Bertz CT molecular complexity index is 110. The quantitative estimate of drug-likeness (QED) is 0.709. The minimum Gasteiger partial charge on any atom is -0.385 e. The molecule has 11 heavy (non-hydrogen) atoms. The summed E-state index contributed by atoms with van der Waals surface area (Å²) in [6.07, 6.45) is 2.34. The Balaban J connectivity index is 0.000001000. The second kappa shape index (κ2) is 4.96. The highest BCUT2D eigenvalue weighted by molar-refractivity contribution is 5.85. The topological polar surface area (TPSA) is 35.2 Å². The SMILES string of the molecule is COCCC(N)C1CC1C.Cl. The van der Waals surface area contributed by atoms with Gasteiger partial charge in [-0.05, 0) is 24.7 Å². The summed E-state index contributed by atoms with van der Waals surface area (Å²) in [5.41, 5.74) is 5.88. The van der Waals surface area contributed by atoms with E-state index in [0.29, 0.717) is 6.04 Å². The van der Waals surface area contributed by atoms with Gasteiger partial charge in [0.15, 0.2) is 0 Å². The number of halogens is 1. The van der Waals surface area contributed by atoms with Crippen LogP contribution in [-0.2, 0) is 4.74 Å². The van der Waals surface area contributed by atoms with E-state index in [9.17, 15) is 0 Å². The maximum Gasteiger partial charge on any atom is 0.0477 e. The number of rotatable bonds is 4. The molecule has 0 aromatic rings. The van der Waals surface area contributed by atoms with Crippen molar-refractivity contribution in [3.63, 3.8) is 0 Å². The first-order chi connectivity index (χ1) is 4.75. The maximum atomic E-state index is 5.88. The standard InChI is InChI=1S/C8H17NO.ClH/c1-6-5-7(6)8(9)3-4-10-2;/h6-8H,3-5,9H2,1-2H3;1H. The molecule has 0 saturated heterocycles. The summed E-state index contributed by atoms with van der Waals surface area (Å²) in [7, 11) is 1.73. The molecule has 3 heteroatoms. The van der Waals surface area contributed by atoms with Crippen molar-refractivity contribution >= 4 is 12.4 Å². The Morgan fingerprint density at radius 3 is 2.55 bits per heavy atom. The normalized spacial score (nSPS) is 30.8. The highest BCUT2D eigenvalue weighted by Gasteiger charge is 2.36. The van der Waals surface area contributed by atoms with Crippen molar-refractivity contribution in [3.8, 4) is 0 Å². The lowest BCUT2D eigenvalue weighted by Gasteiger charge is -2.08. The average Bonchev–Trinajstić information content (AvgIpc) is 2.62. The van der Waals surface area contributed by atoms with Crippen LogP contribution in [0.15, 0.2) is 0 Å². The zero-order chi connectivity index (χ0) is 7.56. The maximum absolute atomic E-state index is 5.88. The van der Waals surface area contributed by atoms with Gasteiger partial charge in [-0.2, -0.15) is 0 Å². The summed E-state index contributed by atoms with van der Waals surface area (Å²) < 4.78 is 4.95. The first kappa shape index (κ1) is 11.2. The minimum atomic E-state index is 0. The zero-order valence-electron chi connectivity index (χ0n) is 7.25. The number of methoxy groups -OCH3 is 1. The third-order valence-corrected chi connectivity index (χ3v) is 2.38. The van der Waals surface area contributed by atoms with Crippen molar-refractivity contribution in [1.29, 1.82) is 0 Å². The van der Waals surface area contributed by atoms with E-state index in [-0.39, 0.29) is 12.4 Å². The Morgan fingerprint density at radius 2 is 2.18 bits per heavy atom. The van der Waals surface area contributed by atoms with E-state index in [0.717, 1.165) is 24.9 Å². The van der Waals surface area contributed by atoms with E-state index in [2.05, 4.69) is 6.92 Å². The number of hydrogen-bond acceptors (Lipinski definition) is 2. The van der Waals surface area contributed by atoms with E-state index in [1.165, 1.54) is 6.42 Å². The van der Waals surface area contributed by atoms with Crippen molar-refractivity contribution in [2.75, 3.05) is 13.7 Å². The second-order valence-electron chi connectivity index (χ2n) is 3.32. The molecule has 1 fully saturated rings. The van der Waals surface area contributed by atoms with Gasteiger partial charge < -0.3 is 10.5 Å². The molecular weight excluding hydrogens is 162 g/mol. The molecule has 1 saturated carbocycles. The Labute approximate surface area is 74.9 Å². The van der Waals surface area contributed by atoms with Gasteiger partial charge in [0, 0.05) is 19.8 Å². The van der Waals surface area contributed by atoms with Crippen molar-refractivity contribution < 1.29 is 4.74 Å². The highest BCUT2D eigenvalue weighted by Crippen LogP contribution is 2.40. The molecule has 0 spiro atoms. The van der Waals surface area contributed by atoms with Crippen molar-refractivity contribution in [2.24, 2.45) is 17.6 Å². The lowest BCUT2D eigenvalue weighted by molar-refractivity contribution is 0.184. The molecule has 0 aromatic carbocycles. The van der Waals surface area contributed by atoms with Crippen LogP contribution in [0.4, 0.5) is 0 Å². The van der Waals surface area contributed by atoms with E-state index in [1.807, 2.05) is 0 Å². The predicted molar refractivity (Wildman–Crippen MR) is 49.0 cm³/mol. The molecule has 0 heterocycles. The molecule has 0 radical (unpaired) electrons. The lowest BCUT2D eigenvalue weighted by atomic mass is 10.1. The molecule has 1 rings (SSSR count). The third-order valence-electron chi connectivity index (χ3n) is 2.38. The average molecular weight is 180 g/mol. The van der Waals surface area contributed by atoms with E-state index >= 15 is 0 Å². The highest BCUT2D eigenvalue weighted by atomic mass is 35.5. The van der Waals surface area contributed by atoms with E-state index in [1.54, 1.807) is 7.11 Å². The summed E-state index contributed by atoms with van der Waals surface area (Å²) >= 11 is 0. The molecular formula is C8H18ClNO. The number of hydrogen-bond donors (Lipinski definition) is 1. The number of ether oxygens (including phenoxy) is 1. The van der Waals surface area contributed by atoms with Crippen LogP contribution in [0.5, 0.6) is 0 Å². The summed E-state index contributed by atoms with van der Waals surface area (Å²) in [6.45, 7) is 3.07. The van der Waals surface area contributed by atoms with Gasteiger partial charge in [-0.1, -0.05) is 6.92 Å². The van der Waals surface area contributed by atoms with Crippen LogP contribution >= 0.6 is 12.4 Å². The first-order valence-electron chi connectivity index (χ1n) is 4.00. The first-order valence-corrected chi connectivity index (χ1v) is 4.00. The Kier molecular flexibility index (Phi) is 5.06. The molecule has 1 aliphatic rings. The molecule has 68 valence electrons. The van der Waals surface area contributed by atoms with Crippen LogP contribution in [-0.4, -0.2) is 19.8 Å². The predicted octanol–water partition coefficient (Wildman–Crippen LogP) is 1.43. The van der Waals surface area contributed by atoms with Crippen molar-refractivity contribution in [1.82, 2.24) is 0 Å². The van der Waals surface area contributed by atoms with E-state index < -0.39 is 0 Å². The van der Waals surface area contributed by atoms with Crippen LogP contribution < -0.4 is 5.73 Å².